The Morgan fingerprint density at radius 1 is 0.811 bits per heavy atom. The Balaban J connectivity index is 0.000000845. The molecule has 0 aromatic rings. The van der Waals surface area contributed by atoms with E-state index in [-0.39, 0.29) is 0 Å². The maximum absolute atomic E-state index is 10.1. The zero-order valence-corrected chi connectivity index (χ0v) is 23.0. The van der Waals surface area contributed by atoms with Gasteiger partial charge in [0.05, 0.1) is 6.61 Å². The molecule has 1 rings (SSSR count). The van der Waals surface area contributed by atoms with Gasteiger partial charge in [-0.15, -0.1) is 0 Å². The van der Waals surface area contributed by atoms with Crippen LogP contribution in [0.3, 0.4) is 0 Å². The summed E-state index contributed by atoms with van der Waals surface area (Å²) in [5, 5.41) is 61.9. The predicted molar refractivity (Wildman–Crippen MR) is 144 cm³/mol. The second-order valence-electron chi connectivity index (χ2n) is 9.74. The molecule has 0 unspecified atom stereocenters. The number of nitrogens with zero attached hydrogens (tertiary/aromatic N) is 2. The molecule has 0 bridgehead atoms. The SMILES string of the molecule is CCCCCCCCNC1=NC(C)(C)N=C(NCCCCCC)N1.O=C(O)[C@H](O)[C@@H](O)[C@H](O)[C@H](O)CO. The number of aliphatic hydroxyl groups excluding tert-OH is 5. The van der Waals surface area contributed by atoms with Crippen LogP contribution in [0.1, 0.15) is 91.9 Å². The highest BCUT2D eigenvalue weighted by Gasteiger charge is 2.33. The molecule has 12 nitrogen and oxygen atoms in total. The monoisotopic (exact) mass is 533 g/mol. The molecule has 0 aromatic carbocycles. The van der Waals surface area contributed by atoms with Crippen LogP contribution in [-0.2, 0) is 4.79 Å². The average molecular weight is 534 g/mol. The summed E-state index contributed by atoms with van der Waals surface area (Å²) in [7, 11) is 0. The Morgan fingerprint density at radius 2 is 1.24 bits per heavy atom. The van der Waals surface area contributed by atoms with E-state index < -0.39 is 42.7 Å². The van der Waals surface area contributed by atoms with E-state index in [0.29, 0.717) is 0 Å². The molecule has 37 heavy (non-hydrogen) atoms. The molecule has 9 N–H and O–H groups in total. The number of carboxylic acid groups (broad SMARTS) is 1. The summed E-state index contributed by atoms with van der Waals surface area (Å²) < 4.78 is 0. The number of hydrogen-bond acceptors (Lipinski definition) is 11. The van der Waals surface area contributed by atoms with Crippen molar-refractivity contribution in [2.45, 2.75) is 122 Å². The van der Waals surface area contributed by atoms with Gasteiger partial charge in [0.25, 0.3) is 0 Å². The third kappa shape index (κ3) is 16.5. The lowest BCUT2D eigenvalue weighted by Gasteiger charge is -2.26. The molecule has 218 valence electrons. The summed E-state index contributed by atoms with van der Waals surface area (Å²) in [6.45, 7) is 9.67. The minimum Gasteiger partial charge on any atom is -0.479 e. The summed E-state index contributed by atoms with van der Waals surface area (Å²) in [4.78, 5) is 19.4. The maximum Gasteiger partial charge on any atom is 0.335 e. The summed E-state index contributed by atoms with van der Waals surface area (Å²) in [6, 6.07) is 0. The Bertz CT molecular complexity index is 676. The molecule has 0 aromatic heterocycles. The number of rotatable bonds is 17. The van der Waals surface area contributed by atoms with Crippen LogP contribution < -0.4 is 16.0 Å². The zero-order chi connectivity index (χ0) is 28.3. The Kier molecular flexibility index (Phi) is 19.0. The van der Waals surface area contributed by atoms with E-state index in [1.807, 2.05) is 13.8 Å². The minimum absolute atomic E-state index is 0.402. The number of unbranched alkanes of at least 4 members (excludes halogenated alkanes) is 8. The molecule has 1 heterocycles. The van der Waals surface area contributed by atoms with Gasteiger partial charge in [0.1, 0.15) is 18.3 Å². The van der Waals surface area contributed by atoms with Gasteiger partial charge in [0.2, 0.25) is 11.9 Å². The number of carboxylic acids is 1. The van der Waals surface area contributed by atoms with Crippen molar-refractivity contribution in [1.29, 1.82) is 0 Å². The topological polar surface area (TPSA) is 199 Å². The lowest BCUT2D eigenvalue weighted by atomic mass is 10.0. The highest BCUT2D eigenvalue weighted by atomic mass is 16.4. The first-order chi connectivity index (χ1) is 17.5. The van der Waals surface area contributed by atoms with Crippen LogP contribution in [0.25, 0.3) is 0 Å². The van der Waals surface area contributed by atoms with E-state index >= 15 is 0 Å². The molecule has 12 heteroatoms. The molecule has 0 spiro atoms. The third-order valence-electron chi connectivity index (χ3n) is 5.66. The molecule has 0 fully saturated rings. The average Bonchev–Trinajstić information content (AvgIpc) is 2.85. The van der Waals surface area contributed by atoms with E-state index in [1.54, 1.807) is 0 Å². The Labute approximate surface area is 221 Å². The molecule has 0 amide bonds. The van der Waals surface area contributed by atoms with Crippen molar-refractivity contribution < 1.29 is 35.4 Å². The van der Waals surface area contributed by atoms with E-state index in [9.17, 15) is 4.79 Å². The number of carbonyl (C=O) groups is 1. The van der Waals surface area contributed by atoms with Crippen LogP contribution in [-0.4, -0.2) is 98.3 Å². The lowest BCUT2D eigenvalue weighted by molar-refractivity contribution is -0.164. The second kappa shape index (κ2) is 20.0. The second-order valence-corrected chi connectivity index (χ2v) is 9.74. The van der Waals surface area contributed by atoms with Gasteiger partial charge in [-0.25, -0.2) is 14.8 Å². The van der Waals surface area contributed by atoms with Gasteiger partial charge in [0.15, 0.2) is 11.8 Å². The van der Waals surface area contributed by atoms with Gasteiger partial charge in [-0.1, -0.05) is 65.2 Å². The fourth-order valence-corrected chi connectivity index (χ4v) is 3.45. The van der Waals surface area contributed by atoms with Crippen molar-refractivity contribution >= 4 is 17.9 Å². The summed E-state index contributed by atoms with van der Waals surface area (Å²) in [6.07, 6.45) is 5.06. The van der Waals surface area contributed by atoms with Crippen LogP contribution in [0.15, 0.2) is 9.98 Å². The lowest BCUT2D eigenvalue weighted by Crippen LogP contribution is -2.52. The van der Waals surface area contributed by atoms with E-state index in [1.165, 1.54) is 64.2 Å². The highest BCUT2D eigenvalue weighted by Crippen LogP contribution is 2.13. The van der Waals surface area contributed by atoms with Gasteiger partial charge in [-0.2, -0.15) is 0 Å². The van der Waals surface area contributed by atoms with Crippen molar-refractivity contribution in [2.75, 3.05) is 19.7 Å². The van der Waals surface area contributed by atoms with Crippen molar-refractivity contribution in [2.24, 2.45) is 9.98 Å². The maximum atomic E-state index is 10.1. The molecule has 4 atom stereocenters. The summed E-state index contributed by atoms with van der Waals surface area (Å²) >= 11 is 0. The van der Waals surface area contributed by atoms with Gasteiger partial charge >= 0.3 is 5.97 Å². The first-order valence-corrected chi connectivity index (χ1v) is 13.5. The van der Waals surface area contributed by atoms with Crippen molar-refractivity contribution in [3.05, 3.63) is 0 Å². The molecule has 1 aliphatic heterocycles. The van der Waals surface area contributed by atoms with Gasteiger partial charge in [-0.3, -0.25) is 5.32 Å². The molecule has 1 aliphatic rings. The Morgan fingerprint density at radius 3 is 1.68 bits per heavy atom. The molecular weight excluding hydrogens is 482 g/mol. The molecule has 0 radical (unpaired) electrons. The largest absolute Gasteiger partial charge is 0.479 e. The van der Waals surface area contributed by atoms with Crippen LogP contribution in [0.5, 0.6) is 0 Å². The first-order valence-electron chi connectivity index (χ1n) is 13.5. The molecule has 0 saturated carbocycles. The quantitative estimate of drug-likeness (QED) is 0.120. The fraction of sp³-hybridized carbons (Fsp3) is 0.880. The Hall–Kier alpha value is -1.99. The number of nitrogens with one attached hydrogen (secondary N) is 3. The molecule has 0 aliphatic carbocycles. The number of guanidine groups is 2. The highest BCUT2D eigenvalue weighted by molar-refractivity contribution is 6.00. The number of aliphatic carboxylic acids is 1. The molecule has 0 saturated heterocycles. The van der Waals surface area contributed by atoms with E-state index in [4.69, 9.17) is 30.6 Å². The number of aliphatic imine (C=N–C) groups is 2. The first kappa shape index (κ1) is 35.0. The van der Waals surface area contributed by atoms with Crippen molar-refractivity contribution in [3.63, 3.8) is 0 Å². The zero-order valence-electron chi connectivity index (χ0n) is 23.0. The van der Waals surface area contributed by atoms with Gasteiger partial charge < -0.3 is 41.3 Å². The van der Waals surface area contributed by atoms with E-state index in [0.717, 1.165) is 25.0 Å². The number of aliphatic hydroxyl groups is 5. The van der Waals surface area contributed by atoms with Crippen LogP contribution in [0.4, 0.5) is 0 Å². The summed E-state index contributed by atoms with van der Waals surface area (Å²) in [5.74, 6) is -0.0340. The van der Waals surface area contributed by atoms with Gasteiger partial charge in [0, 0.05) is 13.1 Å². The van der Waals surface area contributed by atoms with E-state index in [2.05, 4.69) is 39.8 Å². The van der Waals surface area contributed by atoms with Gasteiger partial charge in [-0.05, 0) is 26.7 Å². The van der Waals surface area contributed by atoms with Crippen molar-refractivity contribution in [3.8, 4) is 0 Å². The minimum atomic E-state index is -2.20. The van der Waals surface area contributed by atoms with Crippen molar-refractivity contribution in [1.82, 2.24) is 16.0 Å². The number of hydrogen-bond donors (Lipinski definition) is 9. The smallest absolute Gasteiger partial charge is 0.335 e. The predicted octanol–water partition coefficient (Wildman–Crippen LogP) is 0.665. The van der Waals surface area contributed by atoms with Crippen LogP contribution in [0, 0.1) is 0 Å². The standard InChI is InChI=1S/C19H39N5.C6H12O7/c1-5-7-9-11-12-14-16-21-18-22-17(23-19(3,4)24-18)20-15-13-10-8-6-2;7-1-2(8)3(9)4(10)5(11)6(12)13/h5-16H2,1-4H3,(H3,20,21,22,23,24);2-5,7-11H,1H2,(H,12,13)/t;2-,3-,4+,5-/m.1/s1. The molecular formula is C25H51N5O7. The van der Waals surface area contributed by atoms with Crippen LogP contribution >= 0.6 is 0 Å². The third-order valence-corrected chi connectivity index (χ3v) is 5.66. The fourth-order valence-electron chi connectivity index (χ4n) is 3.45. The normalized spacial score (nSPS) is 17.6. The van der Waals surface area contributed by atoms with Crippen LogP contribution in [0.2, 0.25) is 0 Å². The summed E-state index contributed by atoms with van der Waals surface area (Å²) in [5.41, 5.74) is -0.402.